The summed E-state index contributed by atoms with van der Waals surface area (Å²) in [6, 6.07) is 12.6. The number of carbonyl (C=O) groups excluding carboxylic acids is 1. The quantitative estimate of drug-likeness (QED) is 0.405. The van der Waals surface area contributed by atoms with Crippen molar-refractivity contribution in [1.82, 2.24) is 10.2 Å². The van der Waals surface area contributed by atoms with E-state index in [1.54, 1.807) is 12.1 Å². The molecule has 2 aromatic carbocycles. The summed E-state index contributed by atoms with van der Waals surface area (Å²) in [6.45, 7) is 7.49. The van der Waals surface area contributed by atoms with Crippen LogP contribution in [0.3, 0.4) is 0 Å². The molecule has 0 heterocycles. The third kappa shape index (κ3) is 5.62. The lowest BCUT2D eigenvalue weighted by atomic mass is 10.1. The maximum absolute atomic E-state index is 12.6. The number of halogens is 1. The van der Waals surface area contributed by atoms with Gasteiger partial charge in [-0.1, -0.05) is 42.4 Å². The van der Waals surface area contributed by atoms with E-state index < -0.39 is 6.03 Å². The molecule has 0 aliphatic heterocycles. The van der Waals surface area contributed by atoms with Crippen molar-refractivity contribution in [2.24, 2.45) is 0 Å². The highest BCUT2D eigenvalue weighted by Gasteiger charge is 2.15. The number of rotatable bonds is 6. The van der Waals surface area contributed by atoms with Gasteiger partial charge in [-0.05, 0) is 49.4 Å². The maximum Gasteiger partial charge on any atom is 0.327 e. The zero-order chi connectivity index (χ0) is 20.7. The number of urea groups is 1. The topological polar surface area (TPSA) is 80.2 Å². The Balaban J connectivity index is 2.14. The van der Waals surface area contributed by atoms with Crippen molar-refractivity contribution in [2.75, 3.05) is 17.7 Å². The summed E-state index contributed by atoms with van der Waals surface area (Å²) in [5, 5.41) is 17.7. The van der Waals surface area contributed by atoms with Crippen molar-refractivity contribution in [3.63, 3.8) is 0 Å². The van der Waals surface area contributed by atoms with Crippen LogP contribution < -0.4 is 16.0 Å². The van der Waals surface area contributed by atoms with Crippen molar-refractivity contribution >= 4 is 34.8 Å². The van der Waals surface area contributed by atoms with Crippen molar-refractivity contribution in [3.05, 3.63) is 83.3 Å². The first-order valence-corrected chi connectivity index (χ1v) is 9.01. The molecule has 2 rings (SSSR count). The van der Waals surface area contributed by atoms with Crippen LogP contribution in [-0.4, -0.2) is 23.8 Å². The van der Waals surface area contributed by atoms with Crippen LogP contribution in [0.15, 0.2) is 67.1 Å². The average molecular weight is 398 g/mol. The van der Waals surface area contributed by atoms with Gasteiger partial charge in [-0.15, -0.1) is 0 Å². The molecule has 0 fully saturated rings. The van der Waals surface area contributed by atoms with Gasteiger partial charge in [0, 0.05) is 29.5 Å². The molecule has 0 unspecified atom stereocenters. The number of para-hydroxylation sites is 1. The second-order valence-electron chi connectivity index (χ2n) is 6.18. The summed E-state index contributed by atoms with van der Waals surface area (Å²) in [4.78, 5) is 13.8. The molecule has 28 heavy (non-hydrogen) atoms. The number of hydrogen-bond acceptors (Lipinski definition) is 4. The number of benzene rings is 2. The van der Waals surface area contributed by atoms with Gasteiger partial charge in [0.25, 0.3) is 0 Å². The predicted octanol–water partition coefficient (Wildman–Crippen LogP) is 5.08. The van der Waals surface area contributed by atoms with Gasteiger partial charge in [0.1, 0.15) is 11.7 Å². The molecule has 0 atom stereocenters. The number of anilines is 2. The number of carbonyl (C=O) groups is 1. The molecule has 0 aromatic heterocycles. The molecule has 4 N–H and O–H groups in total. The smallest absolute Gasteiger partial charge is 0.327 e. The number of likely N-dealkylation sites (N-methyl/N-ethyl adjacent to an activating group) is 1. The molecule has 7 heteroatoms. The molecule has 0 bridgehead atoms. The zero-order valence-corrected chi connectivity index (χ0v) is 16.9. The SMILES string of the molecule is C=CNC(=CC(=N)N(C)C(=O)Nc1c(C)cccc1C)Nc1cccc(Cl)c1. The Bertz CT molecular complexity index is 903. The van der Waals surface area contributed by atoms with E-state index in [-0.39, 0.29) is 5.84 Å². The fourth-order valence-electron chi connectivity index (χ4n) is 2.49. The Kier molecular flexibility index (Phi) is 7.23. The summed E-state index contributed by atoms with van der Waals surface area (Å²) in [7, 11) is 1.53. The second kappa shape index (κ2) is 9.62. The third-order valence-corrected chi connectivity index (χ3v) is 4.26. The molecular formula is C21H24ClN5O. The maximum atomic E-state index is 12.6. The lowest BCUT2D eigenvalue weighted by molar-refractivity contribution is 0.239. The summed E-state index contributed by atoms with van der Waals surface area (Å²) in [6.07, 6.45) is 2.97. The van der Waals surface area contributed by atoms with Crippen LogP contribution in [0.5, 0.6) is 0 Å². The van der Waals surface area contributed by atoms with E-state index in [9.17, 15) is 4.79 Å². The molecule has 6 nitrogen and oxygen atoms in total. The molecule has 0 saturated carbocycles. The van der Waals surface area contributed by atoms with Gasteiger partial charge in [0.15, 0.2) is 0 Å². The number of nitrogens with zero attached hydrogens (tertiary/aromatic N) is 1. The van der Waals surface area contributed by atoms with Crippen molar-refractivity contribution < 1.29 is 4.79 Å². The minimum atomic E-state index is -0.403. The first-order chi connectivity index (χ1) is 13.3. The molecule has 2 aromatic rings. The van der Waals surface area contributed by atoms with Gasteiger partial charge < -0.3 is 16.0 Å². The molecule has 0 radical (unpaired) electrons. The predicted molar refractivity (Wildman–Crippen MR) is 117 cm³/mol. The van der Waals surface area contributed by atoms with Gasteiger partial charge >= 0.3 is 6.03 Å². The van der Waals surface area contributed by atoms with Crippen LogP contribution in [0.1, 0.15) is 11.1 Å². The van der Waals surface area contributed by atoms with Gasteiger partial charge in [0.05, 0.1) is 0 Å². The van der Waals surface area contributed by atoms with E-state index in [0.29, 0.717) is 10.8 Å². The molecule has 0 saturated heterocycles. The molecule has 2 amide bonds. The fraction of sp³-hybridized carbons (Fsp3) is 0.143. The number of nitrogens with one attached hydrogen (secondary N) is 4. The first-order valence-electron chi connectivity index (χ1n) is 8.63. The van der Waals surface area contributed by atoms with Crippen molar-refractivity contribution in [2.45, 2.75) is 13.8 Å². The number of amides is 2. The largest absolute Gasteiger partial charge is 0.349 e. The number of amidine groups is 1. The Morgan fingerprint density at radius 1 is 1.14 bits per heavy atom. The van der Waals surface area contributed by atoms with Gasteiger partial charge in [-0.2, -0.15) is 0 Å². The fourth-order valence-corrected chi connectivity index (χ4v) is 2.68. The van der Waals surface area contributed by atoms with E-state index >= 15 is 0 Å². The Morgan fingerprint density at radius 2 is 1.79 bits per heavy atom. The minimum absolute atomic E-state index is 0.0115. The lowest BCUT2D eigenvalue weighted by Crippen LogP contribution is -2.36. The molecule has 146 valence electrons. The minimum Gasteiger partial charge on any atom is -0.349 e. The highest BCUT2D eigenvalue weighted by Crippen LogP contribution is 2.20. The zero-order valence-electron chi connectivity index (χ0n) is 16.1. The molecular weight excluding hydrogens is 374 g/mol. The van der Waals surface area contributed by atoms with Crippen molar-refractivity contribution in [3.8, 4) is 0 Å². The van der Waals surface area contributed by atoms with Crippen LogP contribution in [0.4, 0.5) is 16.2 Å². The number of aryl methyl sites for hydroxylation is 2. The Hall–Kier alpha value is -3.25. The monoisotopic (exact) mass is 397 g/mol. The van der Waals surface area contributed by atoms with Gasteiger partial charge in [-0.3, -0.25) is 10.3 Å². The summed E-state index contributed by atoms with van der Waals surface area (Å²) < 4.78 is 0. The summed E-state index contributed by atoms with van der Waals surface area (Å²) in [5.41, 5.74) is 3.40. The highest BCUT2D eigenvalue weighted by molar-refractivity contribution is 6.30. The normalized spacial score (nSPS) is 10.8. The molecule has 0 spiro atoms. The van der Waals surface area contributed by atoms with Crippen LogP contribution in [0, 0.1) is 19.3 Å². The third-order valence-electron chi connectivity index (χ3n) is 4.02. The van der Waals surface area contributed by atoms with Crippen LogP contribution in [0.2, 0.25) is 5.02 Å². The van der Waals surface area contributed by atoms with Gasteiger partial charge in [-0.25, -0.2) is 4.79 Å². The standard InChI is InChI=1S/C21H24ClN5O/c1-5-24-19(25-17-11-7-10-16(22)12-17)13-18(23)27(4)21(28)26-20-14(2)8-6-9-15(20)3/h5-13,23-25H,1H2,2-4H3,(H,26,28). The lowest BCUT2D eigenvalue weighted by Gasteiger charge is -2.20. The number of hydrogen-bond donors (Lipinski definition) is 4. The molecule has 0 aliphatic carbocycles. The van der Waals surface area contributed by atoms with E-state index in [4.69, 9.17) is 17.0 Å². The molecule has 0 aliphatic rings. The van der Waals surface area contributed by atoms with Crippen molar-refractivity contribution in [1.29, 1.82) is 5.41 Å². The van der Waals surface area contributed by atoms with Crippen LogP contribution >= 0.6 is 11.6 Å². The Labute approximate surface area is 170 Å². The summed E-state index contributed by atoms with van der Waals surface area (Å²) >= 11 is 6.00. The Morgan fingerprint density at radius 3 is 2.39 bits per heavy atom. The second-order valence-corrected chi connectivity index (χ2v) is 6.62. The van der Waals surface area contributed by atoms with E-state index in [2.05, 4.69) is 22.5 Å². The van der Waals surface area contributed by atoms with Crippen LogP contribution in [-0.2, 0) is 0 Å². The average Bonchev–Trinajstić information content (AvgIpc) is 2.64. The van der Waals surface area contributed by atoms with Gasteiger partial charge in [0.2, 0.25) is 0 Å². The van der Waals surface area contributed by atoms with Crippen LogP contribution in [0.25, 0.3) is 0 Å². The van der Waals surface area contributed by atoms with E-state index in [1.807, 2.05) is 44.2 Å². The summed E-state index contributed by atoms with van der Waals surface area (Å²) in [5.74, 6) is 0.469. The van der Waals surface area contributed by atoms with E-state index in [0.717, 1.165) is 22.5 Å². The first kappa shape index (κ1) is 21.1. The highest BCUT2D eigenvalue weighted by atomic mass is 35.5. The van der Waals surface area contributed by atoms with E-state index in [1.165, 1.54) is 24.2 Å².